The lowest BCUT2D eigenvalue weighted by molar-refractivity contribution is -0.384. The summed E-state index contributed by atoms with van der Waals surface area (Å²) in [5, 5.41) is 20.3. The summed E-state index contributed by atoms with van der Waals surface area (Å²) in [5.74, 6) is -1.25. The molecular formula is C20H11ClN2O5. The van der Waals surface area contributed by atoms with E-state index in [1.54, 1.807) is 36.4 Å². The van der Waals surface area contributed by atoms with Crippen LogP contribution < -0.4 is 4.90 Å². The van der Waals surface area contributed by atoms with Crippen molar-refractivity contribution in [1.29, 1.82) is 0 Å². The van der Waals surface area contributed by atoms with E-state index in [2.05, 4.69) is 0 Å². The van der Waals surface area contributed by atoms with Crippen LogP contribution in [0.4, 0.5) is 11.4 Å². The van der Waals surface area contributed by atoms with Gasteiger partial charge < -0.3 is 5.11 Å². The Balaban J connectivity index is 1.87. The second kappa shape index (κ2) is 6.47. The van der Waals surface area contributed by atoms with E-state index in [4.69, 9.17) is 11.6 Å². The molecule has 0 fully saturated rings. The number of hydrogen-bond acceptors (Lipinski definition) is 5. The van der Waals surface area contributed by atoms with Crippen LogP contribution in [0.3, 0.4) is 0 Å². The Labute approximate surface area is 163 Å². The molecule has 0 aromatic heterocycles. The first-order valence-corrected chi connectivity index (χ1v) is 8.52. The highest BCUT2D eigenvalue weighted by atomic mass is 35.5. The summed E-state index contributed by atoms with van der Waals surface area (Å²) in [6.07, 6.45) is 0. The van der Waals surface area contributed by atoms with Gasteiger partial charge in [0.1, 0.15) is 10.8 Å². The third-order valence-electron chi connectivity index (χ3n) is 4.49. The minimum absolute atomic E-state index is 0.0149. The predicted octanol–water partition coefficient (Wildman–Crippen LogP) is 4.42. The Morgan fingerprint density at radius 3 is 2.25 bits per heavy atom. The lowest BCUT2D eigenvalue weighted by Crippen LogP contribution is -2.29. The molecule has 0 atom stereocenters. The van der Waals surface area contributed by atoms with Crippen molar-refractivity contribution in [2.24, 2.45) is 0 Å². The number of amides is 2. The van der Waals surface area contributed by atoms with Gasteiger partial charge >= 0.3 is 0 Å². The molecule has 3 aromatic carbocycles. The fourth-order valence-corrected chi connectivity index (χ4v) is 3.51. The first kappa shape index (κ1) is 17.7. The van der Waals surface area contributed by atoms with E-state index in [1.165, 1.54) is 18.2 Å². The van der Waals surface area contributed by atoms with Crippen molar-refractivity contribution < 1.29 is 19.6 Å². The molecule has 0 saturated carbocycles. The highest BCUT2D eigenvalue weighted by Gasteiger charge is 2.41. The topological polar surface area (TPSA) is 101 Å². The van der Waals surface area contributed by atoms with Gasteiger partial charge in [-0.05, 0) is 29.8 Å². The average molecular weight is 395 g/mol. The van der Waals surface area contributed by atoms with Gasteiger partial charge in [0.15, 0.2) is 0 Å². The van der Waals surface area contributed by atoms with Crippen LogP contribution in [0.5, 0.6) is 5.75 Å². The highest BCUT2D eigenvalue weighted by Crippen LogP contribution is 2.40. The minimum Gasteiger partial charge on any atom is -0.508 e. The molecule has 0 saturated heterocycles. The number of imide groups is 1. The molecule has 1 heterocycles. The highest BCUT2D eigenvalue weighted by molar-refractivity contribution is 6.43. The number of halogens is 1. The summed E-state index contributed by atoms with van der Waals surface area (Å²) in [4.78, 5) is 37.3. The standard InChI is InChI=1S/C20H11ClN2O5/c21-18-16(23(27)28)10-9-14-17(18)20(26)22(19(14)25)15-4-2-1-3-13(15)11-5-7-12(24)8-6-11/h1-10,24H. The molecule has 1 aliphatic heterocycles. The van der Waals surface area contributed by atoms with Gasteiger partial charge in [-0.25, -0.2) is 4.90 Å². The fourth-order valence-electron chi connectivity index (χ4n) is 3.19. The largest absolute Gasteiger partial charge is 0.508 e. The van der Waals surface area contributed by atoms with E-state index < -0.39 is 22.4 Å². The van der Waals surface area contributed by atoms with Crippen molar-refractivity contribution in [2.45, 2.75) is 0 Å². The van der Waals surface area contributed by atoms with E-state index in [1.807, 2.05) is 0 Å². The molecule has 1 N–H and O–H groups in total. The summed E-state index contributed by atoms with van der Waals surface area (Å²) in [6.45, 7) is 0. The smallest absolute Gasteiger partial charge is 0.288 e. The number of carbonyl (C=O) groups is 2. The average Bonchev–Trinajstić information content (AvgIpc) is 2.93. The Morgan fingerprint density at radius 1 is 0.893 bits per heavy atom. The molecule has 7 nitrogen and oxygen atoms in total. The summed E-state index contributed by atoms with van der Waals surface area (Å²) in [7, 11) is 0. The van der Waals surface area contributed by atoms with E-state index >= 15 is 0 Å². The van der Waals surface area contributed by atoms with Gasteiger partial charge in [0, 0.05) is 11.6 Å². The normalized spacial score (nSPS) is 13.0. The Morgan fingerprint density at radius 2 is 1.57 bits per heavy atom. The molecule has 3 aromatic rings. The molecule has 2 amide bonds. The summed E-state index contributed by atoms with van der Waals surface area (Å²) >= 11 is 6.07. The maximum absolute atomic E-state index is 13.0. The summed E-state index contributed by atoms with van der Waals surface area (Å²) in [6, 6.07) is 15.4. The van der Waals surface area contributed by atoms with Crippen molar-refractivity contribution in [2.75, 3.05) is 4.90 Å². The third-order valence-corrected chi connectivity index (χ3v) is 4.87. The number of phenolic OH excluding ortho intramolecular Hbond substituents is 1. The summed E-state index contributed by atoms with van der Waals surface area (Å²) < 4.78 is 0. The van der Waals surface area contributed by atoms with Gasteiger partial charge in [-0.3, -0.25) is 19.7 Å². The fraction of sp³-hybridized carbons (Fsp3) is 0. The number of nitro groups is 1. The van der Waals surface area contributed by atoms with Crippen molar-refractivity contribution in [3.63, 3.8) is 0 Å². The Kier molecular flexibility index (Phi) is 4.09. The van der Waals surface area contributed by atoms with Crippen LogP contribution in [0.15, 0.2) is 60.7 Å². The number of fused-ring (bicyclic) bond motifs is 1. The van der Waals surface area contributed by atoms with Crippen LogP contribution in [0.1, 0.15) is 20.7 Å². The second-order valence-electron chi connectivity index (χ2n) is 6.09. The van der Waals surface area contributed by atoms with Crippen LogP contribution in [0, 0.1) is 10.1 Å². The van der Waals surface area contributed by atoms with Gasteiger partial charge in [-0.1, -0.05) is 41.9 Å². The summed E-state index contributed by atoms with van der Waals surface area (Å²) in [5.41, 5.74) is 0.987. The monoisotopic (exact) mass is 394 g/mol. The predicted molar refractivity (Wildman–Crippen MR) is 103 cm³/mol. The zero-order valence-corrected chi connectivity index (χ0v) is 14.9. The quantitative estimate of drug-likeness (QED) is 0.402. The van der Waals surface area contributed by atoms with Crippen molar-refractivity contribution in [3.05, 3.63) is 86.9 Å². The maximum atomic E-state index is 13.0. The van der Waals surface area contributed by atoms with Crippen molar-refractivity contribution >= 4 is 34.8 Å². The lowest BCUT2D eigenvalue weighted by Gasteiger charge is -2.18. The van der Waals surface area contributed by atoms with Gasteiger partial charge in [0.25, 0.3) is 17.5 Å². The van der Waals surface area contributed by atoms with Gasteiger partial charge in [0.05, 0.1) is 21.7 Å². The maximum Gasteiger partial charge on any atom is 0.288 e. The molecule has 0 unspecified atom stereocenters. The third kappa shape index (κ3) is 2.60. The van der Waals surface area contributed by atoms with E-state index in [0.717, 1.165) is 11.0 Å². The molecule has 0 aliphatic carbocycles. The van der Waals surface area contributed by atoms with Crippen LogP contribution in [-0.2, 0) is 0 Å². The van der Waals surface area contributed by atoms with Crippen LogP contribution >= 0.6 is 11.6 Å². The first-order chi connectivity index (χ1) is 13.4. The number of rotatable bonds is 3. The molecule has 4 rings (SSSR count). The second-order valence-corrected chi connectivity index (χ2v) is 6.47. The first-order valence-electron chi connectivity index (χ1n) is 8.14. The molecule has 138 valence electrons. The number of aromatic hydroxyl groups is 1. The number of anilines is 1. The molecule has 28 heavy (non-hydrogen) atoms. The van der Waals surface area contributed by atoms with Crippen molar-refractivity contribution in [3.8, 4) is 16.9 Å². The molecule has 8 heteroatoms. The van der Waals surface area contributed by atoms with Gasteiger partial charge in [-0.15, -0.1) is 0 Å². The number of hydrogen-bond donors (Lipinski definition) is 1. The van der Waals surface area contributed by atoms with Crippen LogP contribution in [0.2, 0.25) is 5.02 Å². The number of carbonyl (C=O) groups excluding carboxylic acids is 2. The molecule has 1 aliphatic rings. The van der Waals surface area contributed by atoms with Crippen LogP contribution in [0.25, 0.3) is 11.1 Å². The van der Waals surface area contributed by atoms with Crippen LogP contribution in [-0.4, -0.2) is 21.8 Å². The lowest BCUT2D eigenvalue weighted by atomic mass is 10.0. The Hall–Kier alpha value is -3.71. The van der Waals surface area contributed by atoms with Crippen molar-refractivity contribution in [1.82, 2.24) is 0 Å². The molecule has 0 bridgehead atoms. The SMILES string of the molecule is O=C1c2ccc([N+](=O)[O-])c(Cl)c2C(=O)N1c1ccccc1-c1ccc(O)cc1. The van der Waals surface area contributed by atoms with E-state index in [9.17, 15) is 24.8 Å². The molecular weight excluding hydrogens is 384 g/mol. The minimum atomic E-state index is -0.722. The van der Waals surface area contributed by atoms with E-state index in [-0.39, 0.29) is 21.9 Å². The molecule has 0 radical (unpaired) electrons. The zero-order valence-electron chi connectivity index (χ0n) is 14.1. The number of para-hydroxylation sites is 1. The van der Waals surface area contributed by atoms with Gasteiger partial charge in [0.2, 0.25) is 0 Å². The zero-order chi connectivity index (χ0) is 20.0. The van der Waals surface area contributed by atoms with E-state index in [0.29, 0.717) is 16.8 Å². The molecule has 0 spiro atoms. The number of benzene rings is 3. The number of nitro benzene ring substituents is 1. The Bertz CT molecular complexity index is 1160. The number of nitrogens with zero attached hydrogens (tertiary/aromatic N) is 2. The van der Waals surface area contributed by atoms with Gasteiger partial charge in [-0.2, -0.15) is 0 Å². The number of phenols is 1.